The van der Waals surface area contributed by atoms with Crippen LogP contribution < -0.4 is 11.2 Å². The number of carbonyl (C=O) groups excluding carboxylic acids is 1. The molecule has 5 heteroatoms. The summed E-state index contributed by atoms with van der Waals surface area (Å²) < 4.78 is 0. The van der Waals surface area contributed by atoms with Gasteiger partial charge >= 0.3 is 0 Å². The minimum atomic E-state index is -1.000. The first-order chi connectivity index (χ1) is 11.1. The zero-order valence-electron chi connectivity index (χ0n) is 13.0. The van der Waals surface area contributed by atoms with Gasteiger partial charge in [0.25, 0.3) is 0 Å². The molecule has 4 nitrogen and oxygen atoms in total. The van der Waals surface area contributed by atoms with Gasteiger partial charge in [0.05, 0.1) is 18.6 Å². The summed E-state index contributed by atoms with van der Waals surface area (Å²) in [5.74, 6) is -0.534. The van der Waals surface area contributed by atoms with E-state index in [2.05, 4.69) is 5.48 Å². The van der Waals surface area contributed by atoms with E-state index in [-0.39, 0.29) is 5.91 Å². The van der Waals surface area contributed by atoms with Gasteiger partial charge in [-0.15, -0.1) is 11.6 Å². The third kappa shape index (κ3) is 3.72. The van der Waals surface area contributed by atoms with E-state index in [1.165, 1.54) is 7.11 Å². The molecule has 0 radical (unpaired) electrons. The molecule has 23 heavy (non-hydrogen) atoms. The molecular weight excluding hydrogens is 312 g/mol. The highest BCUT2D eigenvalue weighted by Crippen LogP contribution is 2.36. The van der Waals surface area contributed by atoms with Gasteiger partial charge in [-0.25, -0.2) is 5.48 Å². The summed E-state index contributed by atoms with van der Waals surface area (Å²) in [4.78, 5) is 17.4. The molecule has 0 aliphatic carbocycles. The predicted octanol–water partition coefficient (Wildman–Crippen LogP) is 2.81. The third-order valence-corrected chi connectivity index (χ3v) is 4.19. The summed E-state index contributed by atoms with van der Waals surface area (Å²) in [5.41, 5.74) is 9.93. The first-order valence-electron chi connectivity index (χ1n) is 7.43. The molecule has 2 aromatic carbocycles. The summed E-state index contributed by atoms with van der Waals surface area (Å²) in [6, 6.07) is 19.2. The van der Waals surface area contributed by atoms with Crippen LogP contribution in [0.15, 0.2) is 60.7 Å². The molecule has 0 saturated carbocycles. The van der Waals surface area contributed by atoms with Gasteiger partial charge in [0.2, 0.25) is 5.91 Å². The van der Waals surface area contributed by atoms with E-state index in [0.29, 0.717) is 12.3 Å². The molecule has 0 aromatic heterocycles. The molecule has 1 amide bonds. The number of benzene rings is 2. The van der Waals surface area contributed by atoms with Crippen molar-refractivity contribution in [2.24, 2.45) is 11.7 Å². The second-order valence-electron chi connectivity index (χ2n) is 5.30. The van der Waals surface area contributed by atoms with Crippen LogP contribution in [0.4, 0.5) is 0 Å². The maximum absolute atomic E-state index is 12.6. The first kappa shape index (κ1) is 17.5. The van der Waals surface area contributed by atoms with Crippen LogP contribution in [-0.2, 0) is 15.2 Å². The summed E-state index contributed by atoms with van der Waals surface area (Å²) in [6.07, 6.45) is 0.428. The lowest BCUT2D eigenvalue weighted by Gasteiger charge is -2.37. The molecule has 0 aliphatic heterocycles. The van der Waals surface area contributed by atoms with Gasteiger partial charge in [-0.05, 0) is 17.5 Å². The second kappa shape index (κ2) is 8.11. The van der Waals surface area contributed by atoms with Crippen molar-refractivity contribution in [2.45, 2.75) is 12.0 Å². The van der Waals surface area contributed by atoms with Gasteiger partial charge in [0, 0.05) is 5.88 Å². The Hall–Kier alpha value is -1.88. The van der Waals surface area contributed by atoms with E-state index in [0.717, 1.165) is 11.1 Å². The molecular formula is C18H21ClN2O2. The molecule has 0 spiro atoms. The first-order valence-corrected chi connectivity index (χ1v) is 7.96. The van der Waals surface area contributed by atoms with Gasteiger partial charge in [-0.3, -0.25) is 9.63 Å². The van der Waals surface area contributed by atoms with E-state index in [1.807, 2.05) is 60.7 Å². The lowest BCUT2D eigenvalue weighted by Crippen LogP contribution is -2.51. The van der Waals surface area contributed by atoms with Crippen molar-refractivity contribution in [2.75, 3.05) is 13.0 Å². The maximum Gasteiger partial charge on any atom is 0.249 e. The molecule has 0 heterocycles. The number of hydrogen-bond donors (Lipinski definition) is 2. The highest BCUT2D eigenvalue weighted by atomic mass is 35.5. The number of halogens is 1. The fourth-order valence-corrected chi connectivity index (χ4v) is 3.06. The fourth-order valence-electron chi connectivity index (χ4n) is 2.84. The molecule has 122 valence electrons. The van der Waals surface area contributed by atoms with Crippen LogP contribution in [0.5, 0.6) is 0 Å². The van der Waals surface area contributed by atoms with Crippen molar-refractivity contribution in [3.63, 3.8) is 0 Å². The highest BCUT2D eigenvalue weighted by molar-refractivity contribution is 6.18. The van der Waals surface area contributed by atoms with E-state index in [1.54, 1.807) is 0 Å². The second-order valence-corrected chi connectivity index (χ2v) is 5.68. The number of amides is 1. The van der Waals surface area contributed by atoms with Crippen LogP contribution in [0.2, 0.25) is 0 Å². The Morgan fingerprint density at radius 1 is 1.13 bits per heavy atom. The van der Waals surface area contributed by atoms with Gasteiger partial charge < -0.3 is 5.73 Å². The van der Waals surface area contributed by atoms with E-state index < -0.39 is 11.5 Å². The summed E-state index contributed by atoms with van der Waals surface area (Å²) >= 11 is 5.95. The average Bonchev–Trinajstić information content (AvgIpc) is 2.60. The lowest BCUT2D eigenvalue weighted by atomic mass is 9.72. The van der Waals surface area contributed by atoms with Crippen molar-refractivity contribution in [3.05, 3.63) is 71.8 Å². The maximum atomic E-state index is 12.6. The molecule has 1 atom stereocenters. The molecule has 2 aromatic rings. The van der Waals surface area contributed by atoms with Crippen LogP contribution >= 0.6 is 11.6 Å². The van der Waals surface area contributed by atoms with Crippen LogP contribution in [0.25, 0.3) is 0 Å². The van der Waals surface area contributed by atoms with Gasteiger partial charge in [-0.1, -0.05) is 60.7 Å². The fraction of sp³-hybridized carbons (Fsp3) is 0.278. The quantitative estimate of drug-likeness (QED) is 0.605. The molecule has 1 unspecified atom stereocenters. The number of nitrogens with two attached hydrogens (primary N) is 1. The third-order valence-electron chi connectivity index (χ3n) is 3.97. The van der Waals surface area contributed by atoms with Crippen molar-refractivity contribution in [3.8, 4) is 0 Å². The SMILES string of the molecule is CONC(=O)C(CCCl)C(N)(c1ccccc1)c1ccccc1. The Labute approximate surface area is 141 Å². The van der Waals surface area contributed by atoms with Crippen LogP contribution in [0.3, 0.4) is 0 Å². The number of alkyl halides is 1. The number of hydrogen-bond acceptors (Lipinski definition) is 3. The normalized spacial score (nSPS) is 12.7. The summed E-state index contributed by atoms with van der Waals surface area (Å²) in [7, 11) is 1.40. The Kier molecular flexibility index (Phi) is 6.16. The highest BCUT2D eigenvalue weighted by Gasteiger charge is 2.42. The van der Waals surface area contributed by atoms with Crippen molar-refractivity contribution in [1.82, 2.24) is 5.48 Å². The van der Waals surface area contributed by atoms with E-state index in [9.17, 15) is 4.79 Å². The Morgan fingerprint density at radius 3 is 2.00 bits per heavy atom. The monoisotopic (exact) mass is 332 g/mol. The standard InChI is InChI=1S/C18H21ClN2O2/c1-23-21-17(22)16(12-13-19)18(20,14-8-4-2-5-9-14)15-10-6-3-7-11-15/h2-11,16H,12-13,20H2,1H3,(H,21,22). The number of hydroxylamine groups is 1. The minimum Gasteiger partial charge on any atom is -0.317 e. The smallest absolute Gasteiger partial charge is 0.249 e. The molecule has 0 bridgehead atoms. The van der Waals surface area contributed by atoms with Crippen LogP contribution in [0, 0.1) is 5.92 Å². The zero-order valence-corrected chi connectivity index (χ0v) is 13.8. The van der Waals surface area contributed by atoms with Gasteiger partial charge in [0.1, 0.15) is 0 Å². The number of rotatable bonds is 7. The molecule has 0 fully saturated rings. The van der Waals surface area contributed by atoms with E-state index >= 15 is 0 Å². The van der Waals surface area contributed by atoms with Crippen LogP contribution in [0.1, 0.15) is 17.5 Å². The summed E-state index contributed by atoms with van der Waals surface area (Å²) in [6.45, 7) is 0. The number of nitrogens with one attached hydrogen (secondary N) is 1. The molecule has 3 N–H and O–H groups in total. The Bertz CT molecular complexity index is 580. The topological polar surface area (TPSA) is 64.3 Å². The molecule has 0 aliphatic rings. The van der Waals surface area contributed by atoms with Gasteiger partial charge in [-0.2, -0.15) is 0 Å². The van der Waals surface area contributed by atoms with E-state index in [4.69, 9.17) is 22.2 Å². The van der Waals surface area contributed by atoms with Crippen molar-refractivity contribution < 1.29 is 9.63 Å². The minimum absolute atomic E-state index is 0.289. The van der Waals surface area contributed by atoms with Crippen molar-refractivity contribution in [1.29, 1.82) is 0 Å². The van der Waals surface area contributed by atoms with Crippen LogP contribution in [-0.4, -0.2) is 18.9 Å². The Morgan fingerprint density at radius 2 is 1.61 bits per heavy atom. The lowest BCUT2D eigenvalue weighted by molar-refractivity contribution is -0.137. The predicted molar refractivity (Wildman–Crippen MR) is 91.8 cm³/mol. The zero-order chi connectivity index (χ0) is 16.7. The van der Waals surface area contributed by atoms with Gasteiger partial charge in [0.15, 0.2) is 0 Å². The summed E-state index contributed by atoms with van der Waals surface area (Å²) in [5, 5.41) is 0. The average molecular weight is 333 g/mol. The largest absolute Gasteiger partial charge is 0.317 e. The Balaban J connectivity index is 2.58. The van der Waals surface area contributed by atoms with Crippen molar-refractivity contribution >= 4 is 17.5 Å². The number of carbonyl (C=O) groups is 1. The molecule has 0 saturated heterocycles. The molecule has 2 rings (SSSR count).